The zero-order valence-electron chi connectivity index (χ0n) is 12.1. The van der Waals surface area contributed by atoms with Crippen molar-refractivity contribution in [3.63, 3.8) is 0 Å². The van der Waals surface area contributed by atoms with E-state index in [1.54, 1.807) is 0 Å². The lowest BCUT2D eigenvalue weighted by molar-refractivity contribution is 0.00979. The minimum atomic E-state index is 0.143. The predicted octanol–water partition coefficient (Wildman–Crippen LogP) is 4.65. The summed E-state index contributed by atoms with van der Waals surface area (Å²) in [6.45, 7) is 0.755. The van der Waals surface area contributed by atoms with Crippen LogP contribution in [0.4, 0.5) is 5.69 Å². The standard InChI is InChI=1S/C18H17BrN2O/c19-16-10-13(12-20)6-7-17(16)21-15-8-9-22-18(11-15)14-4-2-1-3-5-14/h1-7,10,15,18,21H,8-9,11H2. The smallest absolute Gasteiger partial charge is 0.0992 e. The van der Waals surface area contributed by atoms with Crippen molar-refractivity contribution in [2.45, 2.75) is 25.0 Å². The molecule has 0 bridgehead atoms. The SMILES string of the molecule is N#Cc1ccc(NC2CCOC(c3ccccc3)C2)c(Br)c1. The van der Waals surface area contributed by atoms with Crippen molar-refractivity contribution in [3.05, 3.63) is 64.1 Å². The normalized spacial score (nSPS) is 21.1. The topological polar surface area (TPSA) is 45.0 Å². The summed E-state index contributed by atoms with van der Waals surface area (Å²) < 4.78 is 6.83. The van der Waals surface area contributed by atoms with Gasteiger partial charge in [-0.05, 0) is 52.5 Å². The number of nitrogens with zero attached hydrogens (tertiary/aromatic N) is 1. The highest BCUT2D eigenvalue weighted by Gasteiger charge is 2.24. The highest BCUT2D eigenvalue weighted by molar-refractivity contribution is 9.10. The van der Waals surface area contributed by atoms with Gasteiger partial charge in [-0.2, -0.15) is 5.26 Å². The molecular formula is C18H17BrN2O. The van der Waals surface area contributed by atoms with Crippen molar-refractivity contribution in [1.29, 1.82) is 5.26 Å². The van der Waals surface area contributed by atoms with Crippen LogP contribution in [0.25, 0.3) is 0 Å². The van der Waals surface area contributed by atoms with Crippen molar-refractivity contribution in [3.8, 4) is 6.07 Å². The molecule has 1 heterocycles. The predicted molar refractivity (Wildman–Crippen MR) is 90.6 cm³/mol. The molecule has 0 saturated carbocycles. The number of hydrogen-bond acceptors (Lipinski definition) is 3. The molecule has 1 fully saturated rings. The lowest BCUT2D eigenvalue weighted by Crippen LogP contribution is -2.30. The molecule has 2 aromatic rings. The fourth-order valence-electron chi connectivity index (χ4n) is 2.75. The van der Waals surface area contributed by atoms with Crippen molar-refractivity contribution in [2.24, 2.45) is 0 Å². The lowest BCUT2D eigenvalue weighted by atomic mass is 9.97. The molecule has 1 aliphatic rings. The van der Waals surface area contributed by atoms with Gasteiger partial charge in [0.2, 0.25) is 0 Å². The zero-order valence-corrected chi connectivity index (χ0v) is 13.7. The average molecular weight is 357 g/mol. The molecule has 0 aliphatic carbocycles. The van der Waals surface area contributed by atoms with Crippen molar-refractivity contribution in [1.82, 2.24) is 0 Å². The van der Waals surface area contributed by atoms with Gasteiger partial charge in [0.05, 0.1) is 17.7 Å². The number of ether oxygens (including phenoxy) is 1. The summed E-state index contributed by atoms with van der Waals surface area (Å²) >= 11 is 3.53. The number of benzene rings is 2. The van der Waals surface area contributed by atoms with Gasteiger partial charge in [0.15, 0.2) is 0 Å². The minimum absolute atomic E-state index is 0.143. The third-order valence-electron chi connectivity index (χ3n) is 3.91. The van der Waals surface area contributed by atoms with Gasteiger partial charge in [0.25, 0.3) is 0 Å². The van der Waals surface area contributed by atoms with Crippen molar-refractivity contribution in [2.75, 3.05) is 11.9 Å². The molecule has 112 valence electrons. The molecule has 3 rings (SSSR count). The maximum atomic E-state index is 8.93. The first kappa shape index (κ1) is 15.1. The number of rotatable bonds is 3. The molecule has 4 heteroatoms. The van der Waals surface area contributed by atoms with Crippen LogP contribution < -0.4 is 5.32 Å². The van der Waals surface area contributed by atoms with Crippen LogP contribution in [0.15, 0.2) is 53.0 Å². The number of anilines is 1. The summed E-state index contributed by atoms with van der Waals surface area (Å²) in [5.41, 5.74) is 2.91. The molecular weight excluding hydrogens is 340 g/mol. The Labute approximate surface area is 139 Å². The number of nitriles is 1. The molecule has 2 atom stereocenters. The third kappa shape index (κ3) is 3.49. The molecule has 1 aliphatic heterocycles. The van der Waals surface area contributed by atoms with Gasteiger partial charge in [-0.1, -0.05) is 30.3 Å². The van der Waals surface area contributed by atoms with Crippen LogP contribution in [0.3, 0.4) is 0 Å². The first-order chi connectivity index (χ1) is 10.8. The summed E-state index contributed by atoms with van der Waals surface area (Å²) in [7, 11) is 0. The Hall–Kier alpha value is -1.83. The Morgan fingerprint density at radius 1 is 1.18 bits per heavy atom. The van der Waals surface area contributed by atoms with E-state index in [-0.39, 0.29) is 6.10 Å². The van der Waals surface area contributed by atoms with Gasteiger partial charge >= 0.3 is 0 Å². The molecule has 0 amide bonds. The van der Waals surface area contributed by atoms with Gasteiger partial charge in [0.1, 0.15) is 0 Å². The molecule has 3 nitrogen and oxygen atoms in total. The van der Waals surface area contributed by atoms with Gasteiger partial charge < -0.3 is 10.1 Å². The number of nitrogens with one attached hydrogen (secondary N) is 1. The van der Waals surface area contributed by atoms with E-state index in [2.05, 4.69) is 39.4 Å². The molecule has 0 spiro atoms. The summed E-state index contributed by atoms with van der Waals surface area (Å²) in [4.78, 5) is 0. The lowest BCUT2D eigenvalue weighted by Gasteiger charge is -2.31. The molecule has 0 aromatic heterocycles. The van der Waals surface area contributed by atoms with Gasteiger partial charge in [0, 0.05) is 22.8 Å². The van der Waals surface area contributed by atoms with E-state index < -0.39 is 0 Å². The summed E-state index contributed by atoms with van der Waals surface area (Å²) in [6, 6.07) is 18.5. The summed E-state index contributed by atoms with van der Waals surface area (Å²) in [5, 5.41) is 12.5. The average Bonchev–Trinajstić information content (AvgIpc) is 2.58. The van der Waals surface area contributed by atoms with Gasteiger partial charge in [-0.15, -0.1) is 0 Å². The Kier molecular flexibility index (Phi) is 4.77. The van der Waals surface area contributed by atoms with Crippen LogP contribution in [0.2, 0.25) is 0 Å². The Bertz CT molecular complexity index is 681. The molecule has 22 heavy (non-hydrogen) atoms. The minimum Gasteiger partial charge on any atom is -0.381 e. The van der Waals surface area contributed by atoms with E-state index in [9.17, 15) is 0 Å². The monoisotopic (exact) mass is 356 g/mol. The third-order valence-corrected chi connectivity index (χ3v) is 4.57. The van der Waals surface area contributed by atoms with Crippen LogP contribution in [-0.2, 0) is 4.74 Å². The van der Waals surface area contributed by atoms with Crippen molar-refractivity contribution < 1.29 is 4.74 Å². The number of halogens is 1. The van der Waals surface area contributed by atoms with Gasteiger partial charge in [-0.3, -0.25) is 0 Å². The van der Waals surface area contributed by atoms with Crippen LogP contribution in [-0.4, -0.2) is 12.6 Å². The second-order valence-corrected chi connectivity index (χ2v) is 6.30. The first-order valence-electron chi connectivity index (χ1n) is 7.39. The molecule has 1 N–H and O–H groups in total. The second-order valence-electron chi connectivity index (χ2n) is 5.44. The molecule has 2 aromatic carbocycles. The maximum absolute atomic E-state index is 8.93. The maximum Gasteiger partial charge on any atom is 0.0992 e. The quantitative estimate of drug-likeness (QED) is 0.870. The molecule has 1 saturated heterocycles. The highest BCUT2D eigenvalue weighted by atomic mass is 79.9. The van der Waals surface area contributed by atoms with E-state index in [1.807, 2.05) is 36.4 Å². The summed E-state index contributed by atoms with van der Waals surface area (Å²) in [6.07, 6.45) is 2.07. The number of hydrogen-bond donors (Lipinski definition) is 1. The Morgan fingerprint density at radius 2 is 2.00 bits per heavy atom. The Morgan fingerprint density at radius 3 is 2.73 bits per heavy atom. The summed E-state index contributed by atoms with van der Waals surface area (Å²) in [5.74, 6) is 0. The van der Waals surface area contributed by atoms with Crippen LogP contribution in [0.1, 0.15) is 30.1 Å². The van der Waals surface area contributed by atoms with E-state index in [0.717, 1.165) is 29.6 Å². The zero-order chi connectivity index (χ0) is 15.4. The van der Waals surface area contributed by atoms with Crippen LogP contribution >= 0.6 is 15.9 Å². The van der Waals surface area contributed by atoms with Gasteiger partial charge in [-0.25, -0.2) is 0 Å². The first-order valence-corrected chi connectivity index (χ1v) is 8.18. The van der Waals surface area contributed by atoms with E-state index in [1.165, 1.54) is 5.56 Å². The van der Waals surface area contributed by atoms with E-state index >= 15 is 0 Å². The van der Waals surface area contributed by atoms with Crippen LogP contribution in [0, 0.1) is 11.3 Å². The highest BCUT2D eigenvalue weighted by Crippen LogP contribution is 2.31. The fraction of sp³-hybridized carbons (Fsp3) is 0.278. The second kappa shape index (κ2) is 6.95. The Balaban J connectivity index is 1.69. The van der Waals surface area contributed by atoms with Crippen molar-refractivity contribution >= 4 is 21.6 Å². The van der Waals surface area contributed by atoms with Crippen LogP contribution in [0.5, 0.6) is 0 Å². The molecule has 0 radical (unpaired) electrons. The van der Waals surface area contributed by atoms with E-state index in [0.29, 0.717) is 11.6 Å². The largest absolute Gasteiger partial charge is 0.381 e. The fourth-order valence-corrected chi connectivity index (χ4v) is 3.24. The molecule has 2 unspecified atom stereocenters. The van der Waals surface area contributed by atoms with E-state index in [4.69, 9.17) is 10.00 Å².